The van der Waals surface area contributed by atoms with E-state index in [0.29, 0.717) is 12.5 Å². The van der Waals surface area contributed by atoms with Crippen LogP contribution in [0.1, 0.15) is 31.7 Å². The number of nitrogens with two attached hydrogens (primary N) is 1. The lowest BCUT2D eigenvalue weighted by Crippen LogP contribution is -2.45. The fourth-order valence-corrected chi connectivity index (χ4v) is 4.18. The highest BCUT2D eigenvalue weighted by molar-refractivity contribution is 7.89. The third-order valence-corrected chi connectivity index (χ3v) is 5.85. The molecule has 0 saturated carbocycles. The Morgan fingerprint density at radius 1 is 1.29 bits per heavy atom. The molecule has 132 valence electrons. The maximum absolute atomic E-state index is 12.6. The number of nitrogens with zero attached hydrogens (tertiary/aromatic N) is 2. The number of hydrogen-bond donors (Lipinski definition) is 1. The summed E-state index contributed by atoms with van der Waals surface area (Å²) in [6, 6.07) is 4.97. The molecular weight excluding hydrogens is 326 g/mol. The number of piperidine rings is 1. The molecule has 3 rings (SSSR count). The van der Waals surface area contributed by atoms with Crippen LogP contribution in [0.2, 0.25) is 0 Å². The van der Waals surface area contributed by atoms with E-state index in [1.807, 2.05) is 15.9 Å². The van der Waals surface area contributed by atoms with Crippen molar-refractivity contribution in [1.29, 1.82) is 0 Å². The Bertz CT molecular complexity index is 733. The van der Waals surface area contributed by atoms with Crippen LogP contribution >= 0.6 is 0 Å². The van der Waals surface area contributed by atoms with Crippen LogP contribution in [0.5, 0.6) is 0 Å². The smallest absolute Gasteiger partial charge is 0.242 e. The Kier molecular flexibility index (Phi) is 4.83. The van der Waals surface area contributed by atoms with Crippen molar-refractivity contribution in [1.82, 2.24) is 4.90 Å². The second-order valence-electron chi connectivity index (χ2n) is 6.95. The number of primary sulfonamides is 1. The Labute approximate surface area is 143 Å². The maximum atomic E-state index is 12.6. The fraction of sp³-hybridized carbons (Fsp3) is 0.588. The third kappa shape index (κ3) is 3.72. The van der Waals surface area contributed by atoms with Gasteiger partial charge in [0.25, 0.3) is 0 Å². The average molecular weight is 351 g/mol. The summed E-state index contributed by atoms with van der Waals surface area (Å²) in [5, 5.41) is 5.25. The van der Waals surface area contributed by atoms with Gasteiger partial charge in [-0.3, -0.25) is 4.79 Å². The molecule has 2 N–H and O–H groups in total. The second kappa shape index (κ2) is 6.72. The second-order valence-corrected chi connectivity index (χ2v) is 8.51. The summed E-state index contributed by atoms with van der Waals surface area (Å²) in [6.45, 7) is 4.87. The molecule has 1 fully saturated rings. The van der Waals surface area contributed by atoms with Gasteiger partial charge in [-0.2, -0.15) is 0 Å². The molecule has 0 spiro atoms. The van der Waals surface area contributed by atoms with Crippen molar-refractivity contribution in [3.05, 3.63) is 23.8 Å². The van der Waals surface area contributed by atoms with Crippen molar-refractivity contribution in [2.75, 3.05) is 31.1 Å². The highest BCUT2D eigenvalue weighted by Crippen LogP contribution is 2.29. The number of anilines is 1. The van der Waals surface area contributed by atoms with E-state index in [1.165, 1.54) is 6.42 Å². The van der Waals surface area contributed by atoms with E-state index < -0.39 is 10.0 Å². The molecule has 0 aromatic heterocycles. The summed E-state index contributed by atoms with van der Waals surface area (Å²) < 4.78 is 23.2. The molecular formula is C17H25N3O3S. The zero-order valence-corrected chi connectivity index (χ0v) is 14.9. The van der Waals surface area contributed by atoms with Crippen LogP contribution in [0.25, 0.3) is 0 Å². The highest BCUT2D eigenvalue weighted by atomic mass is 32.2. The molecule has 2 aliphatic rings. The molecule has 0 radical (unpaired) electrons. The van der Waals surface area contributed by atoms with E-state index in [2.05, 4.69) is 6.92 Å². The lowest BCUT2D eigenvalue weighted by molar-refractivity contribution is -0.131. The van der Waals surface area contributed by atoms with E-state index >= 15 is 0 Å². The first kappa shape index (κ1) is 17.2. The number of hydrogen-bond acceptors (Lipinski definition) is 4. The van der Waals surface area contributed by atoms with Crippen molar-refractivity contribution in [3.8, 4) is 0 Å². The molecule has 2 aliphatic heterocycles. The van der Waals surface area contributed by atoms with Gasteiger partial charge >= 0.3 is 0 Å². The summed E-state index contributed by atoms with van der Waals surface area (Å²) >= 11 is 0. The Morgan fingerprint density at radius 3 is 2.79 bits per heavy atom. The molecule has 0 bridgehead atoms. The van der Waals surface area contributed by atoms with Gasteiger partial charge in [0, 0.05) is 25.3 Å². The number of likely N-dealkylation sites (tertiary alicyclic amines) is 1. The first-order valence-corrected chi connectivity index (χ1v) is 10.1. The van der Waals surface area contributed by atoms with Crippen LogP contribution in [0.3, 0.4) is 0 Å². The quantitative estimate of drug-likeness (QED) is 0.891. The zero-order valence-electron chi connectivity index (χ0n) is 14.1. The van der Waals surface area contributed by atoms with Gasteiger partial charge < -0.3 is 9.80 Å². The molecule has 7 heteroatoms. The van der Waals surface area contributed by atoms with Gasteiger partial charge in [-0.15, -0.1) is 0 Å². The molecule has 6 nitrogen and oxygen atoms in total. The van der Waals surface area contributed by atoms with Gasteiger partial charge in [0.2, 0.25) is 15.9 Å². The predicted octanol–water partition coefficient (Wildman–Crippen LogP) is 1.35. The normalized spacial score (nSPS) is 21.5. The molecule has 1 saturated heterocycles. The van der Waals surface area contributed by atoms with E-state index in [-0.39, 0.29) is 10.8 Å². The molecule has 1 aromatic rings. The van der Waals surface area contributed by atoms with Crippen molar-refractivity contribution in [3.63, 3.8) is 0 Å². The van der Waals surface area contributed by atoms with E-state index in [4.69, 9.17) is 5.14 Å². The number of carbonyl (C=O) groups is 1. The lowest BCUT2D eigenvalue weighted by atomic mass is 9.99. The summed E-state index contributed by atoms with van der Waals surface area (Å²) in [5.74, 6) is 0.667. The van der Waals surface area contributed by atoms with Crippen molar-refractivity contribution in [2.45, 2.75) is 37.5 Å². The minimum absolute atomic E-state index is 0.104. The Morgan fingerprint density at radius 2 is 2.08 bits per heavy atom. The maximum Gasteiger partial charge on any atom is 0.242 e. The van der Waals surface area contributed by atoms with Crippen molar-refractivity contribution < 1.29 is 13.2 Å². The summed E-state index contributed by atoms with van der Waals surface area (Å²) in [5.41, 5.74) is 1.90. The monoisotopic (exact) mass is 351 g/mol. The Hall–Kier alpha value is -1.60. The number of benzene rings is 1. The average Bonchev–Trinajstić information content (AvgIpc) is 2.54. The summed E-state index contributed by atoms with van der Waals surface area (Å²) in [4.78, 5) is 16.7. The number of rotatable bonds is 3. The van der Waals surface area contributed by atoms with Crippen molar-refractivity contribution >= 4 is 21.6 Å². The molecule has 1 aromatic carbocycles. The first-order chi connectivity index (χ1) is 11.3. The lowest BCUT2D eigenvalue weighted by Gasteiger charge is -2.35. The van der Waals surface area contributed by atoms with Gasteiger partial charge in [-0.1, -0.05) is 13.0 Å². The molecule has 1 atom stereocenters. The van der Waals surface area contributed by atoms with Crippen LogP contribution in [0, 0.1) is 5.92 Å². The summed E-state index contributed by atoms with van der Waals surface area (Å²) in [6.07, 6.45) is 4.09. The van der Waals surface area contributed by atoms with Crippen LogP contribution in [-0.2, 0) is 21.2 Å². The zero-order chi connectivity index (χ0) is 17.3. The van der Waals surface area contributed by atoms with Gasteiger partial charge in [0.05, 0.1) is 11.4 Å². The van der Waals surface area contributed by atoms with Crippen LogP contribution in [0.15, 0.2) is 23.1 Å². The van der Waals surface area contributed by atoms with E-state index in [9.17, 15) is 13.2 Å². The number of amides is 1. The third-order valence-electron chi connectivity index (χ3n) is 4.94. The van der Waals surface area contributed by atoms with Gasteiger partial charge in [0.15, 0.2) is 0 Å². The van der Waals surface area contributed by atoms with E-state index in [0.717, 1.165) is 50.1 Å². The number of sulfonamides is 1. The largest absolute Gasteiger partial charge is 0.362 e. The molecule has 0 aliphatic carbocycles. The molecule has 2 heterocycles. The van der Waals surface area contributed by atoms with Crippen LogP contribution in [-0.4, -0.2) is 45.4 Å². The van der Waals surface area contributed by atoms with Gasteiger partial charge in [-0.05, 0) is 49.3 Å². The fourth-order valence-electron chi connectivity index (χ4n) is 3.65. The number of aryl methyl sites for hydroxylation is 1. The van der Waals surface area contributed by atoms with Crippen LogP contribution < -0.4 is 10.0 Å². The predicted molar refractivity (Wildman–Crippen MR) is 93.3 cm³/mol. The topological polar surface area (TPSA) is 83.7 Å². The minimum atomic E-state index is -3.74. The molecule has 1 amide bonds. The van der Waals surface area contributed by atoms with Gasteiger partial charge in [0.1, 0.15) is 0 Å². The minimum Gasteiger partial charge on any atom is -0.362 e. The first-order valence-electron chi connectivity index (χ1n) is 8.53. The Balaban J connectivity index is 1.80. The standard InChI is InChI=1S/C17H25N3O3S/c1-13-4-2-9-20(11-13)17(21)12-19-8-3-5-14-6-7-15(10-16(14)19)24(18,22)23/h6-7,10,13H,2-5,8-9,11-12H2,1H3,(H2,18,22,23). The summed E-state index contributed by atoms with van der Waals surface area (Å²) in [7, 11) is -3.74. The van der Waals surface area contributed by atoms with Gasteiger partial charge in [-0.25, -0.2) is 13.6 Å². The number of fused-ring (bicyclic) bond motifs is 1. The molecule has 24 heavy (non-hydrogen) atoms. The van der Waals surface area contributed by atoms with Crippen molar-refractivity contribution in [2.24, 2.45) is 11.1 Å². The van der Waals surface area contributed by atoms with E-state index in [1.54, 1.807) is 12.1 Å². The highest BCUT2D eigenvalue weighted by Gasteiger charge is 2.25. The van der Waals surface area contributed by atoms with Crippen LogP contribution in [0.4, 0.5) is 5.69 Å². The number of carbonyl (C=O) groups excluding carboxylic acids is 1. The SMILES string of the molecule is CC1CCCN(C(=O)CN2CCCc3ccc(S(N)(=O)=O)cc32)C1. The molecule has 1 unspecified atom stereocenters.